The first-order valence-electron chi connectivity index (χ1n) is 8.52. The molecule has 5 heteroatoms. The molecule has 134 valence electrons. The molecule has 0 spiro atoms. The lowest BCUT2D eigenvalue weighted by Gasteiger charge is -2.16. The summed E-state index contributed by atoms with van der Waals surface area (Å²) < 4.78 is 6.26. The number of nitrogens with zero attached hydrogens (tertiary/aromatic N) is 1. The van der Waals surface area contributed by atoms with Gasteiger partial charge in [0.2, 0.25) is 0 Å². The van der Waals surface area contributed by atoms with E-state index in [-0.39, 0.29) is 5.91 Å². The molecule has 0 radical (unpaired) electrons. The second kappa shape index (κ2) is 8.06. The van der Waals surface area contributed by atoms with E-state index in [2.05, 4.69) is 13.8 Å². The lowest BCUT2D eigenvalue weighted by Crippen LogP contribution is -2.28. The van der Waals surface area contributed by atoms with Crippen molar-refractivity contribution in [3.05, 3.63) is 64.6 Å². The maximum atomic E-state index is 12.8. The van der Waals surface area contributed by atoms with Crippen LogP contribution in [0.15, 0.2) is 53.4 Å². The Bertz CT molecular complexity index is 857. The van der Waals surface area contributed by atoms with Crippen LogP contribution in [-0.2, 0) is 4.79 Å². The van der Waals surface area contributed by atoms with Gasteiger partial charge in [-0.1, -0.05) is 68.2 Å². The first-order valence-corrected chi connectivity index (χ1v) is 9.74. The Hall–Kier alpha value is -2.11. The van der Waals surface area contributed by atoms with Crippen molar-refractivity contribution in [1.29, 1.82) is 0 Å². The van der Waals surface area contributed by atoms with Gasteiger partial charge in [0.25, 0.3) is 5.91 Å². The molecule has 1 aliphatic rings. The van der Waals surface area contributed by atoms with Gasteiger partial charge in [0.1, 0.15) is 5.75 Å². The van der Waals surface area contributed by atoms with Crippen LogP contribution in [0.2, 0.25) is 0 Å². The van der Waals surface area contributed by atoms with Crippen molar-refractivity contribution in [2.45, 2.75) is 20.8 Å². The molecule has 1 amide bonds. The van der Waals surface area contributed by atoms with Gasteiger partial charge in [-0.2, -0.15) is 0 Å². The normalized spacial score (nSPS) is 16.0. The van der Waals surface area contributed by atoms with E-state index >= 15 is 0 Å². The number of hydrogen-bond donors (Lipinski definition) is 0. The summed E-state index contributed by atoms with van der Waals surface area (Å²) in [6.45, 7) is 6.90. The van der Waals surface area contributed by atoms with E-state index in [9.17, 15) is 4.79 Å². The Balaban J connectivity index is 1.79. The first-order chi connectivity index (χ1) is 12.5. The summed E-state index contributed by atoms with van der Waals surface area (Å²) >= 11 is 6.78. The molecule has 1 heterocycles. The van der Waals surface area contributed by atoms with Crippen molar-refractivity contribution >= 4 is 46.0 Å². The van der Waals surface area contributed by atoms with Crippen molar-refractivity contribution < 1.29 is 9.53 Å². The first kappa shape index (κ1) is 18.7. The van der Waals surface area contributed by atoms with E-state index in [0.717, 1.165) is 22.6 Å². The zero-order chi connectivity index (χ0) is 18.7. The number of carbonyl (C=O) groups is 1. The second-order valence-corrected chi connectivity index (χ2v) is 8.25. The molecule has 0 N–H and O–H groups in total. The number of rotatable bonds is 5. The number of thioether (sulfide) groups is 1. The Morgan fingerprint density at radius 1 is 1.15 bits per heavy atom. The van der Waals surface area contributed by atoms with Crippen LogP contribution in [-0.4, -0.2) is 16.8 Å². The number of benzene rings is 2. The lowest BCUT2D eigenvalue weighted by atomic mass is 10.1. The van der Waals surface area contributed by atoms with Crippen LogP contribution in [0.5, 0.6) is 5.75 Å². The standard InChI is InChI=1S/C21H21NO2S2/c1-14(2)13-24-17-10-8-16(9-11-17)12-19-20(23)22(21(25)26-19)18-7-5-4-6-15(18)3/h4-12,14H,13H2,1-3H3/b19-12-. The number of amides is 1. The van der Waals surface area contributed by atoms with Crippen molar-refractivity contribution in [3.8, 4) is 5.75 Å². The molecule has 0 saturated carbocycles. The summed E-state index contributed by atoms with van der Waals surface area (Å²) in [4.78, 5) is 15.1. The Labute approximate surface area is 164 Å². The number of ether oxygens (including phenoxy) is 1. The third-order valence-corrected chi connectivity index (χ3v) is 5.21. The van der Waals surface area contributed by atoms with Gasteiger partial charge >= 0.3 is 0 Å². The number of aryl methyl sites for hydroxylation is 1. The van der Waals surface area contributed by atoms with Crippen molar-refractivity contribution in [2.75, 3.05) is 11.5 Å². The minimum atomic E-state index is -0.0746. The molecule has 0 atom stereocenters. The van der Waals surface area contributed by atoms with E-state index in [4.69, 9.17) is 17.0 Å². The number of anilines is 1. The average molecular weight is 384 g/mol. The predicted octanol–water partition coefficient (Wildman–Crippen LogP) is 5.44. The van der Waals surface area contributed by atoms with Gasteiger partial charge in [0, 0.05) is 0 Å². The fraction of sp³-hybridized carbons (Fsp3) is 0.238. The molecular formula is C21H21NO2S2. The van der Waals surface area contributed by atoms with Gasteiger partial charge in [-0.05, 0) is 48.2 Å². The maximum Gasteiger partial charge on any atom is 0.270 e. The molecular weight excluding hydrogens is 362 g/mol. The van der Waals surface area contributed by atoms with Gasteiger partial charge < -0.3 is 4.74 Å². The van der Waals surface area contributed by atoms with Crippen LogP contribution in [0.25, 0.3) is 6.08 Å². The zero-order valence-corrected chi connectivity index (χ0v) is 16.7. The molecule has 2 aromatic rings. The highest BCUT2D eigenvalue weighted by atomic mass is 32.2. The van der Waals surface area contributed by atoms with Crippen LogP contribution >= 0.6 is 24.0 Å². The predicted molar refractivity (Wildman–Crippen MR) is 114 cm³/mol. The highest BCUT2D eigenvalue weighted by molar-refractivity contribution is 8.27. The van der Waals surface area contributed by atoms with Crippen molar-refractivity contribution in [3.63, 3.8) is 0 Å². The Morgan fingerprint density at radius 2 is 1.85 bits per heavy atom. The third kappa shape index (κ3) is 4.17. The van der Waals surface area contributed by atoms with Gasteiger partial charge in [0.05, 0.1) is 17.2 Å². The molecule has 26 heavy (non-hydrogen) atoms. The maximum absolute atomic E-state index is 12.8. The van der Waals surface area contributed by atoms with Crippen LogP contribution in [0, 0.1) is 12.8 Å². The van der Waals surface area contributed by atoms with E-state index in [0.29, 0.717) is 21.8 Å². The number of thiocarbonyl (C=S) groups is 1. The topological polar surface area (TPSA) is 29.5 Å². The molecule has 1 saturated heterocycles. The molecule has 0 bridgehead atoms. The van der Waals surface area contributed by atoms with E-state index in [1.807, 2.05) is 61.5 Å². The highest BCUT2D eigenvalue weighted by Gasteiger charge is 2.33. The number of carbonyl (C=O) groups excluding carboxylic acids is 1. The minimum Gasteiger partial charge on any atom is -0.493 e. The van der Waals surface area contributed by atoms with E-state index in [1.54, 1.807) is 4.90 Å². The van der Waals surface area contributed by atoms with Gasteiger partial charge in [0.15, 0.2) is 4.32 Å². The molecule has 3 nitrogen and oxygen atoms in total. The largest absolute Gasteiger partial charge is 0.493 e. The van der Waals surface area contributed by atoms with Crippen LogP contribution in [0.1, 0.15) is 25.0 Å². The average Bonchev–Trinajstić information content (AvgIpc) is 2.88. The van der Waals surface area contributed by atoms with Crippen LogP contribution in [0.4, 0.5) is 5.69 Å². The summed E-state index contributed by atoms with van der Waals surface area (Å²) in [7, 11) is 0. The fourth-order valence-electron chi connectivity index (χ4n) is 2.56. The van der Waals surface area contributed by atoms with Gasteiger partial charge in [-0.25, -0.2) is 0 Å². The molecule has 1 fully saturated rings. The van der Waals surface area contributed by atoms with Crippen LogP contribution in [0.3, 0.4) is 0 Å². The van der Waals surface area contributed by atoms with Crippen molar-refractivity contribution in [2.24, 2.45) is 5.92 Å². The Kier molecular flexibility index (Phi) is 5.79. The summed E-state index contributed by atoms with van der Waals surface area (Å²) in [5, 5.41) is 0. The molecule has 0 aliphatic carbocycles. The highest BCUT2D eigenvalue weighted by Crippen LogP contribution is 2.37. The summed E-state index contributed by atoms with van der Waals surface area (Å²) in [5.41, 5.74) is 2.82. The SMILES string of the molecule is Cc1ccccc1N1C(=O)/C(=C/c2ccc(OCC(C)C)cc2)SC1=S. The molecule has 0 aromatic heterocycles. The number of para-hydroxylation sites is 1. The smallest absolute Gasteiger partial charge is 0.270 e. The quantitative estimate of drug-likeness (QED) is 0.508. The van der Waals surface area contributed by atoms with E-state index in [1.165, 1.54) is 11.8 Å². The molecule has 0 unspecified atom stereocenters. The van der Waals surface area contributed by atoms with Crippen LogP contribution < -0.4 is 9.64 Å². The zero-order valence-electron chi connectivity index (χ0n) is 15.1. The summed E-state index contributed by atoms with van der Waals surface area (Å²) in [6.07, 6.45) is 1.88. The second-order valence-electron chi connectivity index (χ2n) is 6.58. The third-order valence-electron chi connectivity index (χ3n) is 3.91. The van der Waals surface area contributed by atoms with E-state index < -0.39 is 0 Å². The summed E-state index contributed by atoms with van der Waals surface area (Å²) in [6, 6.07) is 15.5. The van der Waals surface area contributed by atoms with Crippen molar-refractivity contribution in [1.82, 2.24) is 0 Å². The molecule has 1 aliphatic heterocycles. The molecule has 2 aromatic carbocycles. The monoisotopic (exact) mass is 383 g/mol. The summed E-state index contributed by atoms with van der Waals surface area (Å²) in [5.74, 6) is 1.25. The number of hydrogen-bond acceptors (Lipinski definition) is 4. The minimum absolute atomic E-state index is 0.0746. The lowest BCUT2D eigenvalue weighted by molar-refractivity contribution is -0.113. The Morgan fingerprint density at radius 3 is 2.50 bits per heavy atom. The van der Waals surface area contributed by atoms with Gasteiger partial charge in [-0.3, -0.25) is 9.69 Å². The van der Waals surface area contributed by atoms with Gasteiger partial charge in [-0.15, -0.1) is 0 Å². The molecule has 3 rings (SSSR count). The fourth-order valence-corrected chi connectivity index (χ4v) is 3.85.